The molecule has 1 aromatic carbocycles. The van der Waals surface area contributed by atoms with Crippen LogP contribution in [0.4, 0.5) is 0 Å². The molecule has 2 aromatic heterocycles. The zero-order chi connectivity index (χ0) is 16.5. The predicted molar refractivity (Wildman–Crippen MR) is 97.9 cm³/mol. The lowest BCUT2D eigenvalue weighted by molar-refractivity contribution is 0.216. The molecular weight excluding hydrogens is 340 g/mol. The second-order valence-electron chi connectivity index (χ2n) is 5.93. The summed E-state index contributed by atoms with van der Waals surface area (Å²) in [7, 11) is 0. The summed E-state index contributed by atoms with van der Waals surface area (Å²) in [4.78, 5) is 9.11. The normalized spacial score (nSPS) is 14.9. The van der Waals surface area contributed by atoms with Crippen LogP contribution in [-0.4, -0.2) is 28.1 Å². The summed E-state index contributed by atoms with van der Waals surface area (Å²) in [6.45, 7) is 5.03. The highest BCUT2D eigenvalue weighted by Gasteiger charge is 2.20. The number of aromatic hydroxyl groups is 1. The summed E-state index contributed by atoms with van der Waals surface area (Å²) < 4.78 is 5.82. The lowest BCUT2D eigenvalue weighted by Gasteiger charge is -2.18. The fourth-order valence-electron chi connectivity index (χ4n) is 2.96. The van der Waals surface area contributed by atoms with E-state index in [4.69, 9.17) is 4.74 Å². The molecule has 0 saturated carbocycles. The van der Waals surface area contributed by atoms with Crippen molar-refractivity contribution in [3.05, 3.63) is 51.3 Å². The summed E-state index contributed by atoms with van der Waals surface area (Å²) in [5.74, 6) is 0.844. The fourth-order valence-corrected chi connectivity index (χ4v) is 4.37. The van der Waals surface area contributed by atoms with Crippen molar-refractivity contribution in [2.45, 2.75) is 20.0 Å². The summed E-state index contributed by atoms with van der Waals surface area (Å²) in [6.07, 6.45) is 0. The van der Waals surface area contributed by atoms with Gasteiger partial charge in [0.2, 0.25) is 0 Å². The van der Waals surface area contributed by atoms with Crippen molar-refractivity contribution < 1.29 is 9.84 Å². The molecular formula is C18H18N2O2S2. The number of hydrogen-bond acceptors (Lipinski definition) is 6. The standard InChI is InChI=1S/C18H18N2O2S2/c1-12-2-3-17(24-12)13-6-14-8-20(9-15-10-23-11-19-15)4-5-22-18(14)16(21)7-13/h2-3,6-7,10-11,21H,4-5,8-9H2,1H3. The van der Waals surface area contributed by atoms with Crippen molar-refractivity contribution in [3.63, 3.8) is 0 Å². The Morgan fingerprint density at radius 2 is 2.25 bits per heavy atom. The van der Waals surface area contributed by atoms with Gasteiger partial charge in [-0.25, -0.2) is 4.98 Å². The van der Waals surface area contributed by atoms with Crippen LogP contribution >= 0.6 is 22.7 Å². The number of benzene rings is 1. The molecule has 1 aliphatic heterocycles. The van der Waals surface area contributed by atoms with Gasteiger partial charge in [0.15, 0.2) is 11.5 Å². The molecule has 0 fully saturated rings. The molecule has 0 radical (unpaired) electrons. The van der Waals surface area contributed by atoms with Crippen LogP contribution in [0.25, 0.3) is 10.4 Å². The Labute approximate surface area is 149 Å². The van der Waals surface area contributed by atoms with Gasteiger partial charge in [0.25, 0.3) is 0 Å². The van der Waals surface area contributed by atoms with Gasteiger partial charge in [0.1, 0.15) is 6.61 Å². The van der Waals surface area contributed by atoms with Crippen LogP contribution in [0, 0.1) is 6.92 Å². The smallest absolute Gasteiger partial charge is 0.165 e. The van der Waals surface area contributed by atoms with Gasteiger partial charge >= 0.3 is 0 Å². The quantitative estimate of drug-likeness (QED) is 0.759. The largest absolute Gasteiger partial charge is 0.504 e. The number of rotatable bonds is 3. The zero-order valence-electron chi connectivity index (χ0n) is 13.4. The number of aromatic nitrogens is 1. The molecule has 0 amide bonds. The maximum atomic E-state index is 10.4. The molecule has 24 heavy (non-hydrogen) atoms. The summed E-state index contributed by atoms with van der Waals surface area (Å²) in [6, 6.07) is 8.15. The van der Waals surface area contributed by atoms with Crippen molar-refractivity contribution in [2.75, 3.05) is 13.2 Å². The molecule has 3 aromatic rings. The molecule has 0 bridgehead atoms. The molecule has 124 valence electrons. The average molecular weight is 358 g/mol. The van der Waals surface area contributed by atoms with Gasteiger partial charge < -0.3 is 9.84 Å². The number of aryl methyl sites for hydroxylation is 1. The van der Waals surface area contributed by atoms with Crippen molar-refractivity contribution in [2.24, 2.45) is 0 Å². The Hall–Kier alpha value is -1.89. The SMILES string of the molecule is Cc1ccc(-c2cc(O)c3c(c2)CN(Cc2cscn2)CCO3)s1. The molecule has 0 spiro atoms. The molecule has 0 atom stereocenters. The average Bonchev–Trinajstić information content (AvgIpc) is 3.16. The minimum absolute atomic E-state index is 0.226. The fraction of sp³-hybridized carbons (Fsp3) is 0.278. The number of phenols is 1. The Morgan fingerprint density at radius 1 is 1.33 bits per heavy atom. The van der Waals surface area contributed by atoms with Gasteiger partial charge in [0, 0.05) is 40.3 Å². The summed E-state index contributed by atoms with van der Waals surface area (Å²) in [5.41, 5.74) is 5.02. The van der Waals surface area contributed by atoms with Crippen LogP contribution in [0.1, 0.15) is 16.1 Å². The predicted octanol–water partition coefficient (Wildman–Crippen LogP) is 4.28. The molecule has 4 nitrogen and oxygen atoms in total. The van der Waals surface area contributed by atoms with Gasteiger partial charge in [-0.1, -0.05) is 0 Å². The second-order valence-corrected chi connectivity index (χ2v) is 7.94. The topological polar surface area (TPSA) is 45.6 Å². The van der Waals surface area contributed by atoms with Crippen molar-refractivity contribution in [1.29, 1.82) is 0 Å². The Balaban J connectivity index is 1.65. The third-order valence-corrected chi connectivity index (χ3v) is 5.77. The van der Waals surface area contributed by atoms with E-state index in [1.54, 1.807) is 28.7 Å². The number of thiophene rings is 1. The van der Waals surface area contributed by atoms with Crippen LogP contribution in [0.2, 0.25) is 0 Å². The van der Waals surface area contributed by atoms with Crippen molar-refractivity contribution in [1.82, 2.24) is 9.88 Å². The lowest BCUT2D eigenvalue weighted by Crippen LogP contribution is -2.25. The first-order chi connectivity index (χ1) is 11.7. The second kappa shape index (κ2) is 6.55. The number of thiazole rings is 1. The maximum absolute atomic E-state index is 10.4. The minimum atomic E-state index is 0.226. The third kappa shape index (κ3) is 3.17. The highest BCUT2D eigenvalue weighted by Crippen LogP contribution is 2.39. The van der Waals surface area contributed by atoms with Crippen LogP contribution in [0.15, 0.2) is 35.2 Å². The monoisotopic (exact) mass is 358 g/mol. The number of ether oxygens (including phenoxy) is 1. The Bertz CT molecular complexity index is 843. The minimum Gasteiger partial charge on any atom is -0.504 e. The summed E-state index contributed by atoms with van der Waals surface area (Å²) in [5, 5.41) is 12.5. The highest BCUT2D eigenvalue weighted by molar-refractivity contribution is 7.15. The molecule has 4 rings (SSSR count). The van der Waals surface area contributed by atoms with Gasteiger partial charge in [-0.3, -0.25) is 4.90 Å². The van der Waals surface area contributed by atoms with Crippen molar-refractivity contribution in [3.8, 4) is 21.9 Å². The molecule has 0 aliphatic carbocycles. The van der Waals surface area contributed by atoms with E-state index in [-0.39, 0.29) is 5.75 Å². The van der Waals surface area contributed by atoms with E-state index in [0.29, 0.717) is 12.4 Å². The molecule has 3 heterocycles. The van der Waals surface area contributed by atoms with Crippen LogP contribution in [-0.2, 0) is 13.1 Å². The lowest BCUT2D eigenvalue weighted by atomic mass is 10.1. The van der Waals surface area contributed by atoms with E-state index in [0.717, 1.165) is 36.5 Å². The first-order valence-electron chi connectivity index (χ1n) is 7.84. The molecule has 0 saturated heterocycles. The van der Waals surface area contributed by atoms with Crippen LogP contribution in [0.3, 0.4) is 0 Å². The third-order valence-electron chi connectivity index (χ3n) is 4.09. The van der Waals surface area contributed by atoms with E-state index in [1.807, 2.05) is 5.51 Å². The Kier molecular flexibility index (Phi) is 4.26. The van der Waals surface area contributed by atoms with E-state index in [2.05, 4.69) is 40.4 Å². The Morgan fingerprint density at radius 3 is 3.00 bits per heavy atom. The number of hydrogen-bond donors (Lipinski definition) is 1. The van der Waals surface area contributed by atoms with E-state index in [1.165, 1.54) is 9.75 Å². The van der Waals surface area contributed by atoms with Gasteiger partial charge in [-0.2, -0.15) is 0 Å². The van der Waals surface area contributed by atoms with E-state index >= 15 is 0 Å². The molecule has 1 N–H and O–H groups in total. The maximum Gasteiger partial charge on any atom is 0.165 e. The molecule has 0 unspecified atom stereocenters. The molecule has 6 heteroatoms. The number of fused-ring (bicyclic) bond motifs is 1. The van der Waals surface area contributed by atoms with Gasteiger partial charge in [0.05, 0.1) is 11.2 Å². The van der Waals surface area contributed by atoms with E-state index in [9.17, 15) is 5.11 Å². The van der Waals surface area contributed by atoms with Crippen LogP contribution in [0.5, 0.6) is 11.5 Å². The number of phenolic OH excluding ortho intramolecular Hbond substituents is 1. The molecule has 1 aliphatic rings. The van der Waals surface area contributed by atoms with E-state index < -0.39 is 0 Å². The first-order valence-corrected chi connectivity index (χ1v) is 9.60. The highest BCUT2D eigenvalue weighted by atomic mass is 32.1. The first kappa shape index (κ1) is 15.6. The van der Waals surface area contributed by atoms with Crippen molar-refractivity contribution >= 4 is 22.7 Å². The van der Waals surface area contributed by atoms with Gasteiger partial charge in [-0.05, 0) is 36.8 Å². The summed E-state index contributed by atoms with van der Waals surface area (Å²) >= 11 is 3.35. The van der Waals surface area contributed by atoms with Gasteiger partial charge in [-0.15, -0.1) is 22.7 Å². The van der Waals surface area contributed by atoms with Crippen LogP contribution < -0.4 is 4.74 Å². The zero-order valence-corrected chi connectivity index (χ0v) is 15.0. The number of nitrogens with zero attached hydrogens (tertiary/aromatic N) is 2.